The molecule has 0 unspecified atom stereocenters. The van der Waals surface area contributed by atoms with Crippen LogP contribution < -0.4 is 4.72 Å². The predicted octanol–water partition coefficient (Wildman–Crippen LogP) is 4.08. The monoisotopic (exact) mass is 384 g/mol. The second kappa shape index (κ2) is 6.06. The molecule has 7 heteroatoms. The van der Waals surface area contributed by atoms with Crippen molar-refractivity contribution in [3.63, 3.8) is 0 Å². The van der Waals surface area contributed by atoms with Crippen molar-refractivity contribution in [1.29, 1.82) is 5.26 Å². The van der Waals surface area contributed by atoms with Gasteiger partial charge in [0.25, 0.3) is 10.0 Å². The number of nitrogens with zero attached hydrogens (tertiary/aromatic N) is 1. The van der Waals surface area contributed by atoms with Gasteiger partial charge in [-0.05, 0) is 48.9 Å². The highest BCUT2D eigenvalue weighted by Gasteiger charge is 2.19. The molecule has 0 saturated carbocycles. The molecule has 21 heavy (non-hydrogen) atoms. The summed E-state index contributed by atoms with van der Waals surface area (Å²) in [5, 5.41) is 8.94. The van der Waals surface area contributed by atoms with Gasteiger partial charge >= 0.3 is 0 Å². The molecule has 0 aliphatic heterocycles. The van der Waals surface area contributed by atoms with Crippen LogP contribution in [0, 0.1) is 18.3 Å². The molecule has 0 aliphatic carbocycles. The molecule has 0 radical (unpaired) electrons. The van der Waals surface area contributed by atoms with Gasteiger partial charge in [0, 0.05) is 4.47 Å². The van der Waals surface area contributed by atoms with Crippen molar-refractivity contribution >= 4 is 43.2 Å². The fourth-order valence-corrected chi connectivity index (χ4v) is 3.85. The quantitative estimate of drug-likeness (QED) is 0.865. The van der Waals surface area contributed by atoms with Gasteiger partial charge in [-0.2, -0.15) is 5.26 Å². The van der Waals surface area contributed by atoms with Gasteiger partial charge in [-0.1, -0.05) is 27.5 Å². The summed E-state index contributed by atoms with van der Waals surface area (Å²) in [6.45, 7) is 1.79. The van der Waals surface area contributed by atoms with E-state index in [1.165, 1.54) is 18.2 Å². The Hall–Kier alpha value is -1.55. The van der Waals surface area contributed by atoms with Gasteiger partial charge in [-0.15, -0.1) is 0 Å². The summed E-state index contributed by atoms with van der Waals surface area (Å²) in [6.07, 6.45) is 0. The van der Waals surface area contributed by atoms with Crippen LogP contribution in [0.4, 0.5) is 5.69 Å². The Morgan fingerprint density at radius 3 is 2.57 bits per heavy atom. The number of hydrogen-bond donors (Lipinski definition) is 1. The Labute approximate surface area is 136 Å². The average molecular weight is 386 g/mol. The minimum atomic E-state index is -3.86. The molecule has 2 aromatic rings. The molecular weight excluding hydrogens is 376 g/mol. The Morgan fingerprint density at radius 1 is 1.24 bits per heavy atom. The largest absolute Gasteiger partial charge is 0.279 e. The van der Waals surface area contributed by atoms with Crippen molar-refractivity contribution in [1.82, 2.24) is 0 Å². The highest BCUT2D eigenvalue weighted by atomic mass is 79.9. The lowest BCUT2D eigenvalue weighted by Crippen LogP contribution is -2.14. The van der Waals surface area contributed by atoms with E-state index in [0.29, 0.717) is 5.69 Å². The molecule has 0 spiro atoms. The zero-order valence-electron chi connectivity index (χ0n) is 10.9. The third-order valence-electron chi connectivity index (χ3n) is 2.78. The zero-order valence-corrected chi connectivity index (χ0v) is 14.1. The van der Waals surface area contributed by atoms with Crippen LogP contribution in [0.15, 0.2) is 45.8 Å². The summed E-state index contributed by atoms with van der Waals surface area (Å²) >= 11 is 9.25. The molecule has 0 bridgehead atoms. The van der Waals surface area contributed by atoms with Gasteiger partial charge in [0.15, 0.2) is 0 Å². The van der Waals surface area contributed by atoms with Crippen molar-refractivity contribution in [3.05, 3.63) is 57.0 Å². The van der Waals surface area contributed by atoms with Gasteiger partial charge < -0.3 is 0 Å². The van der Waals surface area contributed by atoms with Crippen LogP contribution in [0.5, 0.6) is 0 Å². The van der Waals surface area contributed by atoms with Crippen LogP contribution in [0.25, 0.3) is 0 Å². The Morgan fingerprint density at radius 2 is 1.95 bits per heavy atom. The Kier molecular flexibility index (Phi) is 4.57. The summed E-state index contributed by atoms with van der Waals surface area (Å²) in [5.74, 6) is 0. The lowest BCUT2D eigenvalue weighted by molar-refractivity contribution is 0.601. The molecule has 0 heterocycles. The predicted molar refractivity (Wildman–Crippen MR) is 85.9 cm³/mol. The average Bonchev–Trinajstić information content (AvgIpc) is 2.42. The second-order valence-corrected chi connectivity index (χ2v) is 7.30. The number of hydrogen-bond acceptors (Lipinski definition) is 3. The molecule has 0 saturated heterocycles. The minimum absolute atomic E-state index is 0.0660. The van der Waals surface area contributed by atoms with Gasteiger partial charge in [0.2, 0.25) is 0 Å². The highest BCUT2D eigenvalue weighted by molar-refractivity contribution is 9.10. The number of nitriles is 1. The topological polar surface area (TPSA) is 70.0 Å². The first kappa shape index (κ1) is 15.8. The molecule has 4 nitrogen and oxygen atoms in total. The summed E-state index contributed by atoms with van der Waals surface area (Å²) in [4.78, 5) is -0.120. The maximum absolute atomic E-state index is 12.4. The van der Waals surface area contributed by atoms with Crippen molar-refractivity contribution in [2.24, 2.45) is 0 Å². The molecule has 0 aliphatic rings. The lowest BCUT2D eigenvalue weighted by Gasteiger charge is -2.12. The molecule has 0 amide bonds. The lowest BCUT2D eigenvalue weighted by atomic mass is 10.2. The van der Waals surface area contributed by atoms with Gasteiger partial charge in [-0.3, -0.25) is 4.72 Å². The molecule has 0 atom stereocenters. The van der Waals surface area contributed by atoms with Crippen LogP contribution in [-0.4, -0.2) is 8.42 Å². The van der Waals surface area contributed by atoms with E-state index >= 15 is 0 Å². The summed E-state index contributed by atoms with van der Waals surface area (Å²) in [7, 11) is -3.86. The van der Waals surface area contributed by atoms with Gasteiger partial charge in [0.05, 0.1) is 22.3 Å². The number of anilines is 1. The van der Waals surface area contributed by atoms with E-state index in [1.807, 2.05) is 6.07 Å². The SMILES string of the molecule is Cc1cc(Br)ccc1NS(=O)(=O)c1cc(C#N)ccc1Cl. The summed E-state index contributed by atoms with van der Waals surface area (Å²) in [5.41, 5.74) is 1.45. The molecule has 2 aromatic carbocycles. The first-order valence-corrected chi connectivity index (χ1v) is 8.47. The number of sulfonamides is 1. The zero-order chi connectivity index (χ0) is 15.6. The van der Waals surface area contributed by atoms with Crippen LogP contribution in [0.2, 0.25) is 5.02 Å². The van der Waals surface area contributed by atoms with Gasteiger partial charge in [-0.25, -0.2) is 8.42 Å². The smallest absolute Gasteiger partial charge is 0.263 e. The van der Waals surface area contributed by atoms with E-state index in [1.54, 1.807) is 25.1 Å². The Bertz CT molecular complexity index is 845. The summed E-state index contributed by atoms with van der Waals surface area (Å²) in [6, 6.07) is 11.2. The van der Waals surface area contributed by atoms with Crippen LogP contribution in [0.3, 0.4) is 0 Å². The fourth-order valence-electron chi connectivity index (χ4n) is 1.72. The van der Waals surface area contributed by atoms with E-state index in [2.05, 4.69) is 20.7 Å². The molecule has 2 rings (SSSR count). The van der Waals surface area contributed by atoms with Crippen molar-refractivity contribution in [2.45, 2.75) is 11.8 Å². The minimum Gasteiger partial charge on any atom is -0.279 e. The van der Waals surface area contributed by atoms with Crippen LogP contribution in [-0.2, 0) is 10.0 Å². The van der Waals surface area contributed by atoms with E-state index in [-0.39, 0.29) is 15.5 Å². The highest BCUT2D eigenvalue weighted by Crippen LogP contribution is 2.27. The van der Waals surface area contributed by atoms with Crippen LogP contribution in [0.1, 0.15) is 11.1 Å². The first-order valence-electron chi connectivity index (χ1n) is 5.82. The summed E-state index contributed by atoms with van der Waals surface area (Å²) < 4.78 is 28.2. The van der Waals surface area contributed by atoms with E-state index in [0.717, 1.165) is 10.0 Å². The number of benzene rings is 2. The fraction of sp³-hybridized carbons (Fsp3) is 0.0714. The van der Waals surface area contributed by atoms with E-state index < -0.39 is 10.0 Å². The molecule has 1 N–H and O–H groups in total. The molecule has 0 aromatic heterocycles. The number of halogens is 2. The molecular formula is C14H10BrClN2O2S. The standard InChI is InChI=1S/C14H10BrClN2O2S/c1-9-6-11(15)3-5-13(9)18-21(19,20)14-7-10(8-17)2-4-12(14)16/h2-7,18H,1H3. The van der Waals surface area contributed by atoms with Crippen LogP contribution >= 0.6 is 27.5 Å². The second-order valence-electron chi connectivity index (χ2n) is 4.32. The number of aryl methyl sites for hydroxylation is 1. The van der Waals surface area contributed by atoms with Crippen molar-refractivity contribution < 1.29 is 8.42 Å². The Balaban J connectivity index is 2.46. The number of nitrogens with one attached hydrogen (secondary N) is 1. The van der Waals surface area contributed by atoms with E-state index in [9.17, 15) is 8.42 Å². The normalized spacial score (nSPS) is 11.0. The number of rotatable bonds is 3. The molecule has 0 fully saturated rings. The van der Waals surface area contributed by atoms with Crippen molar-refractivity contribution in [2.75, 3.05) is 4.72 Å². The maximum Gasteiger partial charge on any atom is 0.263 e. The first-order chi connectivity index (χ1) is 9.83. The molecule has 108 valence electrons. The van der Waals surface area contributed by atoms with Crippen molar-refractivity contribution in [3.8, 4) is 6.07 Å². The third-order valence-corrected chi connectivity index (χ3v) is 5.12. The van der Waals surface area contributed by atoms with E-state index in [4.69, 9.17) is 16.9 Å². The third kappa shape index (κ3) is 3.56. The maximum atomic E-state index is 12.4. The van der Waals surface area contributed by atoms with Gasteiger partial charge in [0.1, 0.15) is 4.90 Å².